The van der Waals surface area contributed by atoms with Crippen LogP contribution in [0.1, 0.15) is 30.9 Å². The van der Waals surface area contributed by atoms with Crippen LogP contribution in [0.4, 0.5) is 24.9 Å². The predicted octanol–water partition coefficient (Wildman–Crippen LogP) is 4.38. The number of carbonyl (C=O) groups is 1. The Hall–Kier alpha value is -4.52. The van der Waals surface area contributed by atoms with E-state index in [4.69, 9.17) is 10.5 Å². The third-order valence-corrected chi connectivity index (χ3v) is 8.07. The molecule has 13 heteroatoms. The Morgan fingerprint density at radius 1 is 1.02 bits per heavy atom. The van der Waals surface area contributed by atoms with Gasteiger partial charge in [-0.05, 0) is 47.9 Å². The molecule has 0 unspecified atom stereocenters. The van der Waals surface area contributed by atoms with Gasteiger partial charge in [0.1, 0.15) is 11.9 Å². The van der Waals surface area contributed by atoms with Gasteiger partial charge in [-0.3, -0.25) is 14.8 Å². The van der Waals surface area contributed by atoms with Crippen LogP contribution in [-0.2, 0) is 4.79 Å². The first-order chi connectivity index (χ1) is 20.1. The SMILES string of the molecule is Nc1nc(O[C@H](c2ccc(-c3ccc4nccnc4c3)cc2)C(F)(F)F)cc(N2CCC3(CC2)CN[C@H](C(=O)O)C3)n1. The number of aromatic nitrogens is 4. The number of halogens is 3. The van der Waals surface area contributed by atoms with E-state index in [1.54, 1.807) is 24.5 Å². The summed E-state index contributed by atoms with van der Waals surface area (Å²) in [5.74, 6) is -0.987. The monoisotopic (exact) mass is 579 g/mol. The van der Waals surface area contributed by atoms with Crippen molar-refractivity contribution in [1.29, 1.82) is 0 Å². The van der Waals surface area contributed by atoms with Gasteiger partial charge in [0.25, 0.3) is 0 Å². The minimum Gasteiger partial charge on any atom is -0.480 e. The quantitative estimate of drug-likeness (QED) is 0.301. The summed E-state index contributed by atoms with van der Waals surface area (Å²) in [6.07, 6.45) is -1.87. The van der Waals surface area contributed by atoms with Crippen LogP contribution in [-0.4, -0.2) is 62.9 Å². The number of anilines is 2. The zero-order valence-electron chi connectivity index (χ0n) is 22.4. The van der Waals surface area contributed by atoms with Gasteiger partial charge in [0, 0.05) is 43.7 Å². The van der Waals surface area contributed by atoms with Crippen LogP contribution in [0.15, 0.2) is 60.9 Å². The number of rotatable bonds is 6. The lowest BCUT2D eigenvalue weighted by Gasteiger charge is -2.39. The number of hydrogen-bond donors (Lipinski definition) is 3. The van der Waals surface area contributed by atoms with Crippen LogP contribution in [0.25, 0.3) is 22.2 Å². The molecule has 218 valence electrons. The molecule has 0 bridgehead atoms. The van der Waals surface area contributed by atoms with Crippen LogP contribution in [0.3, 0.4) is 0 Å². The molecule has 0 radical (unpaired) electrons. The predicted molar refractivity (Wildman–Crippen MR) is 149 cm³/mol. The molecule has 1 spiro atoms. The zero-order valence-corrected chi connectivity index (χ0v) is 22.4. The van der Waals surface area contributed by atoms with Gasteiger partial charge < -0.3 is 25.8 Å². The molecule has 10 nitrogen and oxygen atoms in total. The molecule has 0 aliphatic carbocycles. The van der Waals surface area contributed by atoms with Crippen LogP contribution < -0.4 is 20.7 Å². The molecule has 42 heavy (non-hydrogen) atoms. The van der Waals surface area contributed by atoms with Crippen LogP contribution in [0.5, 0.6) is 5.88 Å². The van der Waals surface area contributed by atoms with E-state index in [0.29, 0.717) is 50.2 Å². The van der Waals surface area contributed by atoms with E-state index in [-0.39, 0.29) is 22.8 Å². The Kier molecular flexibility index (Phi) is 7.05. The highest BCUT2D eigenvalue weighted by atomic mass is 19.4. The number of aliphatic carboxylic acids is 1. The van der Waals surface area contributed by atoms with Gasteiger partial charge in [-0.15, -0.1) is 0 Å². The van der Waals surface area contributed by atoms with Crippen molar-refractivity contribution in [2.45, 2.75) is 37.6 Å². The standard InChI is InChI=1S/C29H28F3N7O3/c30-29(31,32)25(18-3-1-17(2-4-18)19-5-6-20-21(13-19)35-10-9-34-20)42-24-14-23(37-27(33)38-24)39-11-7-28(8-12-39)15-22(26(40)41)36-16-28/h1-6,9-10,13-14,22,25,36H,7-8,11-12,15-16H2,(H,40,41)(H2,33,37,38)/t22-,25+/m0/s1. The number of fused-ring (bicyclic) bond motifs is 1. The second-order valence-corrected chi connectivity index (χ2v) is 10.8. The Bertz CT molecular complexity index is 1610. The molecule has 4 N–H and O–H groups in total. The molecule has 2 aromatic carbocycles. The fourth-order valence-electron chi connectivity index (χ4n) is 5.77. The number of hydrogen-bond acceptors (Lipinski definition) is 9. The van der Waals surface area contributed by atoms with E-state index in [0.717, 1.165) is 16.6 Å². The molecule has 2 saturated heterocycles. The van der Waals surface area contributed by atoms with Crippen molar-refractivity contribution >= 4 is 28.8 Å². The number of carboxylic acid groups (broad SMARTS) is 1. The molecule has 2 aliphatic rings. The summed E-state index contributed by atoms with van der Waals surface area (Å²) in [6.45, 7) is 1.71. The second kappa shape index (κ2) is 10.7. The van der Waals surface area contributed by atoms with Gasteiger partial charge in [-0.25, -0.2) is 0 Å². The number of nitrogens with two attached hydrogens (primary N) is 1. The maximum absolute atomic E-state index is 14.2. The van der Waals surface area contributed by atoms with Crippen molar-refractivity contribution < 1.29 is 27.8 Å². The number of nitrogen functional groups attached to an aromatic ring is 1. The first kappa shape index (κ1) is 27.6. The van der Waals surface area contributed by atoms with Crippen molar-refractivity contribution in [2.75, 3.05) is 30.3 Å². The van der Waals surface area contributed by atoms with E-state index < -0.39 is 24.3 Å². The highest BCUT2D eigenvalue weighted by Crippen LogP contribution is 2.41. The number of piperidine rings is 1. The van der Waals surface area contributed by atoms with Crippen molar-refractivity contribution in [3.05, 3.63) is 66.5 Å². The maximum atomic E-state index is 14.2. The van der Waals surface area contributed by atoms with Crippen molar-refractivity contribution in [2.24, 2.45) is 5.41 Å². The number of alkyl halides is 3. The maximum Gasteiger partial charge on any atom is 0.429 e. The molecule has 2 aliphatic heterocycles. The van der Waals surface area contributed by atoms with Crippen LogP contribution >= 0.6 is 0 Å². The minimum atomic E-state index is -4.73. The highest BCUT2D eigenvalue weighted by Gasteiger charge is 2.45. The number of benzene rings is 2. The second-order valence-electron chi connectivity index (χ2n) is 10.8. The Morgan fingerprint density at radius 3 is 2.38 bits per heavy atom. The molecular weight excluding hydrogens is 551 g/mol. The van der Waals surface area contributed by atoms with Crippen molar-refractivity contribution in [3.8, 4) is 17.0 Å². The third-order valence-electron chi connectivity index (χ3n) is 8.07. The van der Waals surface area contributed by atoms with E-state index in [1.165, 1.54) is 18.2 Å². The average Bonchev–Trinajstić information content (AvgIpc) is 3.39. The molecule has 2 atom stereocenters. The lowest BCUT2D eigenvalue weighted by molar-refractivity contribution is -0.198. The van der Waals surface area contributed by atoms with Gasteiger partial charge >= 0.3 is 12.1 Å². The lowest BCUT2D eigenvalue weighted by Crippen LogP contribution is -2.41. The summed E-state index contributed by atoms with van der Waals surface area (Å²) in [5, 5.41) is 12.4. The van der Waals surface area contributed by atoms with Crippen LogP contribution in [0.2, 0.25) is 0 Å². The Morgan fingerprint density at radius 2 is 1.71 bits per heavy atom. The molecular formula is C29H28F3N7O3. The van der Waals surface area contributed by atoms with Crippen LogP contribution in [0, 0.1) is 5.41 Å². The first-order valence-electron chi connectivity index (χ1n) is 13.5. The molecule has 2 aromatic heterocycles. The van der Waals surface area contributed by atoms with Gasteiger partial charge in [0.05, 0.1) is 11.0 Å². The molecule has 6 rings (SSSR count). The summed E-state index contributed by atoms with van der Waals surface area (Å²) in [6, 6.07) is 12.2. The lowest BCUT2D eigenvalue weighted by atomic mass is 9.76. The summed E-state index contributed by atoms with van der Waals surface area (Å²) in [7, 11) is 0. The summed E-state index contributed by atoms with van der Waals surface area (Å²) >= 11 is 0. The summed E-state index contributed by atoms with van der Waals surface area (Å²) < 4.78 is 48.1. The number of carboxylic acids is 1. The van der Waals surface area contributed by atoms with E-state index in [2.05, 4.69) is 25.3 Å². The van der Waals surface area contributed by atoms with E-state index in [9.17, 15) is 23.1 Å². The van der Waals surface area contributed by atoms with Gasteiger partial charge in [-0.1, -0.05) is 30.3 Å². The smallest absolute Gasteiger partial charge is 0.429 e. The Labute approximate surface area is 238 Å². The van der Waals surface area contributed by atoms with Crippen molar-refractivity contribution in [1.82, 2.24) is 25.3 Å². The number of ether oxygens (including phenoxy) is 1. The van der Waals surface area contributed by atoms with Gasteiger partial charge in [0.15, 0.2) is 0 Å². The fraction of sp³-hybridized carbons (Fsp3) is 0.345. The van der Waals surface area contributed by atoms with Crippen molar-refractivity contribution in [3.63, 3.8) is 0 Å². The van der Waals surface area contributed by atoms with Gasteiger partial charge in [0.2, 0.25) is 17.9 Å². The first-order valence-corrected chi connectivity index (χ1v) is 13.5. The normalized spacial score (nSPS) is 19.2. The summed E-state index contributed by atoms with van der Waals surface area (Å²) in [5.41, 5.74) is 8.58. The Balaban J connectivity index is 1.19. The highest BCUT2D eigenvalue weighted by molar-refractivity contribution is 5.81. The van der Waals surface area contributed by atoms with Gasteiger partial charge in [-0.2, -0.15) is 23.1 Å². The average molecular weight is 580 g/mol. The van der Waals surface area contributed by atoms with E-state index in [1.807, 2.05) is 23.1 Å². The molecule has 4 heterocycles. The topological polar surface area (TPSA) is 139 Å². The molecule has 0 amide bonds. The molecule has 2 fully saturated rings. The third kappa shape index (κ3) is 5.64. The summed E-state index contributed by atoms with van der Waals surface area (Å²) in [4.78, 5) is 30.0. The number of nitrogens with one attached hydrogen (secondary N) is 1. The molecule has 0 saturated carbocycles. The minimum absolute atomic E-state index is 0.0906. The number of nitrogens with zero attached hydrogens (tertiary/aromatic N) is 5. The largest absolute Gasteiger partial charge is 0.480 e. The zero-order chi connectivity index (χ0) is 29.5. The molecule has 4 aromatic rings. The fourth-order valence-corrected chi connectivity index (χ4v) is 5.77. The van der Waals surface area contributed by atoms with E-state index >= 15 is 0 Å².